The van der Waals surface area contributed by atoms with Crippen molar-refractivity contribution in [3.8, 4) is 11.5 Å². The first-order valence-corrected chi connectivity index (χ1v) is 10.9. The Morgan fingerprint density at radius 1 is 0.871 bits per heavy atom. The van der Waals surface area contributed by atoms with E-state index in [1.807, 2.05) is 54.3 Å². The first-order valence-electron chi connectivity index (χ1n) is 10.9. The van der Waals surface area contributed by atoms with Gasteiger partial charge in [0, 0.05) is 5.69 Å². The number of methoxy groups -OCH3 is 1. The molecule has 3 aromatic carbocycles. The summed E-state index contributed by atoms with van der Waals surface area (Å²) in [5, 5.41) is 0. The molecule has 2 atom stereocenters. The molecule has 4 heteroatoms. The number of hydrogen-bond acceptors (Lipinski definition) is 3. The molecule has 1 heterocycles. The number of carbonyl (C=O) groups is 1. The van der Waals surface area contributed by atoms with Crippen molar-refractivity contribution >= 4 is 11.6 Å². The topological polar surface area (TPSA) is 38.8 Å². The summed E-state index contributed by atoms with van der Waals surface area (Å²) in [5.74, 6) is 1.82. The van der Waals surface area contributed by atoms with E-state index in [1.54, 1.807) is 7.11 Å². The Morgan fingerprint density at radius 2 is 1.55 bits per heavy atom. The molecule has 1 aliphatic rings. The average molecular weight is 416 g/mol. The van der Waals surface area contributed by atoms with Crippen molar-refractivity contribution in [3.63, 3.8) is 0 Å². The van der Waals surface area contributed by atoms with Gasteiger partial charge in [0.15, 0.2) is 0 Å². The fourth-order valence-electron chi connectivity index (χ4n) is 4.34. The molecule has 1 aliphatic heterocycles. The first kappa shape index (κ1) is 21.0. The van der Waals surface area contributed by atoms with Crippen LogP contribution in [-0.2, 0) is 11.2 Å². The third-order valence-corrected chi connectivity index (χ3v) is 5.92. The van der Waals surface area contributed by atoms with E-state index < -0.39 is 0 Å². The number of nitrogens with zero attached hydrogens (tertiary/aromatic N) is 1. The Labute approximate surface area is 184 Å². The van der Waals surface area contributed by atoms with Crippen LogP contribution in [0.15, 0.2) is 78.9 Å². The SMILES string of the molecule is CCOc1ccc(N2C(=O)[C@H](CCCc3ccccc3)[C@H]2c2ccc(OC)cc2)cc1. The van der Waals surface area contributed by atoms with E-state index in [2.05, 4.69) is 36.4 Å². The summed E-state index contributed by atoms with van der Waals surface area (Å²) in [4.78, 5) is 15.1. The summed E-state index contributed by atoms with van der Waals surface area (Å²) in [7, 11) is 1.67. The zero-order valence-corrected chi connectivity index (χ0v) is 18.2. The molecule has 0 radical (unpaired) electrons. The second-order valence-corrected chi connectivity index (χ2v) is 7.84. The van der Waals surface area contributed by atoms with E-state index in [0.717, 1.165) is 42.0 Å². The minimum Gasteiger partial charge on any atom is -0.497 e. The quantitative estimate of drug-likeness (QED) is 0.413. The molecular formula is C27H29NO3. The van der Waals surface area contributed by atoms with Gasteiger partial charge in [0.25, 0.3) is 0 Å². The Morgan fingerprint density at radius 3 is 2.19 bits per heavy atom. The third kappa shape index (κ3) is 4.58. The predicted molar refractivity (Wildman–Crippen MR) is 124 cm³/mol. The van der Waals surface area contributed by atoms with Gasteiger partial charge < -0.3 is 14.4 Å². The van der Waals surface area contributed by atoms with Gasteiger partial charge in [0.05, 0.1) is 25.7 Å². The number of β-lactam (4-membered cyclic amide) rings is 1. The van der Waals surface area contributed by atoms with E-state index in [4.69, 9.17) is 9.47 Å². The smallest absolute Gasteiger partial charge is 0.233 e. The van der Waals surface area contributed by atoms with E-state index in [-0.39, 0.29) is 17.9 Å². The summed E-state index contributed by atoms with van der Waals surface area (Å²) < 4.78 is 10.9. The number of aryl methyl sites for hydroxylation is 1. The van der Waals surface area contributed by atoms with Crippen LogP contribution in [0.3, 0.4) is 0 Å². The van der Waals surface area contributed by atoms with Crippen LogP contribution < -0.4 is 14.4 Å². The van der Waals surface area contributed by atoms with Gasteiger partial charge in [-0.05, 0) is 73.7 Å². The predicted octanol–water partition coefficient (Wildman–Crippen LogP) is 5.82. The lowest BCUT2D eigenvalue weighted by Gasteiger charge is -2.47. The van der Waals surface area contributed by atoms with Crippen molar-refractivity contribution in [2.45, 2.75) is 32.2 Å². The van der Waals surface area contributed by atoms with Crippen LogP contribution >= 0.6 is 0 Å². The highest BCUT2D eigenvalue weighted by atomic mass is 16.5. The molecule has 4 nitrogen and oxygen atoms in total. The lowest BCUT2D eigenvalue weighted by molar-refractivity contribution is -0.130. The van der Waals surface area contributed by atoms with Crippen LogP contribution in [0.5, 0.6) is 11.5 Å². The van der Waals surface area contributed by atoms with Crippen molar-refractivity contribution in [1.82, 2.24) is 0 Å². The van der Waals surface area contributed by atoms with E-state index in [9.17, 15) is 4.79 Å². The van der Waals surface area contributed by atoms with Gasteiger partial charge >= 0.3 is 0 Å². The van der Waals surface area contributed by atoms with Crippen molar-refractivity contribution in [3.05, 3.63) is 90.0 Å². The third-order valence-electron chi connectivity index (χ3n) is 5.92. The van der Waals surface area contributed by atoms with Gasteiger partial charge in [-0.1, -0.05) is 42.5 Å². The summed E-state index contributed by atoms with van der Waals surface area (Å²) in [6, 6.07) is 26.4. The van der Waals surface area contributed by atoms with Crippen molar-refractivity contribution < 1.29 is 14.3 Å². The fraction of sp³-hybridized carbons (Fsp3) is 0.296. The van der Waals surface area contributed by atoms with Gasteiger partial charge in [-0.25, -0.2) is 0 Å². The molecule has 0 bridgehead atoms. The number of hydrogen-bond donors (Lipinski definition) is 0. The van der Waals surface area contributed by atoms with Gasteiger partial charge in [-0.3, -0.25) is 4.79 Å². The highest BCUT2D eigenvalue weighted by molar-refractivity contribution is 6.03. The van der Waals surface area contributed by atoms with Gasteiger partial charge in [0.1, 0.15) is 11.5 Å². The molecule has 31 heavy (non-hydrogen) atoms. The lowest BCUT2D eigenvalue weighted by atomic mass is 9.78. The second kappa shape index (κ2) is 9.69. The first-order chi connectivity index (χ1) is 15.2. The summed E-state index contributed by atoms with van der Waals surface area (Å²) in [5.41, 5.74) is 3.37. The molecule has 3 aromatic rings. The molecule has 0 spiro atoms. The van der Waals surface area contributed by atoms with Crippen molar-refractivity contribution in [2.24, 2.45) is 5.92 Å². The summed E-state index contributed by atoms with van der Waals surface area (Å²) in [6.45, 7) is 2.59. The molecule has 0 unspecified atom stereocenters. The number of ether oxygens (including phenoxy) is 2. The minimum atomic E-state index is -0.0105. The molecule has 0 N–H and O–H groups in total. The number of anilines is 1. The van der Waals surface area contributed by atoms with Gasteiger partial charge in [-0.15, -0.1) is 0 Å². The minimum absolute atomic E-state index is 0.0105. The zero-order valence-electron chi connectivity index (χ0n) is 18.2. The number of amides is 1. The molecule has 0 aliphatic carbocycles. The largest absolute Gasteiger partial charge is 0.497 e. The van der Waals surface area contributed by atoms with Crippen LogP contribution in [0.1, 0.15) is 36.9 Å². The Bertz CT molecular complexity index is 983. The standard InChI is InChI=1S/C27H29NO3/c1-3-31-24-18-14-22(15-19-24)28-26(21-12-16-23(30-2)17-13-21)25(27(28)29)11-7-10-20-8-5-4-6-9-20/h4-6,8-9,12-19,25-26H,3,7,10-11H2,1-2H3/t25-,26-/m1/s1. The zero-order chi connectivity index (χ0) is 21.6. The molecule has 1 saturated heterocycles. The molecule has 160 valence electrons. The molecule has 1 amide bonds. The average Bonchev–Trinajstić information content (AvgIpc) is 2.82. The van der Waals surface area contributed by atoms with E-state index >= 15 is 0 Å². The fourth-order valence-corrected chi connectivity index (χ4v) is 4.34. The highest BCUT2D eigenvalue weighted by Crippen LogP contribution is 2.46. The Kier molecular flexibility index (Phi) is 6.56. The molecular weight excluding hydrogens is 386 g/mol. The van der Waals surface area contributed by atoms with Crippen molar-refractivity contribution in [1.29, 1.82) is 0 Å². The van der Waals surface area contributed by atoms with Crippen LogP contribution in [0.2, 0.25) is 0 Å². The number of rotatable bonds is 9. The molecule has 1 fully saturated rings. The van der Waals surface area contributed by atoms with E-state index in [0.29, 0.717) is 6.61 Å². The molecule has 0 aromatic heterocycles. The van der Waals surface area contributed by atoms with Crippen molar-refractivity contribution in [2.75, 3.05) is 18.6 Å². The second-order valence-electron chi connectivity index (χ2n) is 7.84. The maximum absolute atomic E-state index is 13.2. The van der Waals surface area contributed by atoms with Gasteiger partial charge in [0.2, 0.25) is 5.91 Å². The number of benzene rings is 3. The summed E-state index contributed by atoms with van der Waals surface area (Å²) in [6.07, 6.45) is 2.85. The molecule has 4 rings (SSSR count). The maximum atomic E-state index is 13.2. The lowest BCUT2D eigenvalue weighted by Crippen LogP contribution is -2.55. The monoisotopic (exact) mass is 415 g/mol. The Balaban J connectivity index is 1.53. The number of carbonyl (C=O) groups excluding carboxylic acids is 1. The van der Waals surface area contributed by atoms with Crippen LogP contribution in [0.4, 0.5) is 5.69 Å². The van der Waals surface area contributed by atoms with E-state index in [1.165, 1.54) is 5.56 Å². The normalized spacial score (nSPS) is 17.9. The summed E-state index contributed by atoms with van der Waals surface area (Å²) >= 11 is 0. The maximum Gasteiger partial charge on any atom is 0.233 e. The van der Waals surface area contributed by atoms with Gasteiger partial charge in [-0.2, -0.15) is 0 Å². The highest BCUT2D eigenvalue weighted by Gasteiger charge is 2.48. The van der Waals surface area contributed by atoms with Crippen LogP contribution in [-0.4, -0.2) is 19.6 Å². The van der Waals surface area contributed by atoms with Crippen LogP contribution in [0.25, 0.3) is 0 Å². The van der Waals surface area contributed by atoms with Crippen LogP contribution in [0, 0.1) is 5.92 Å². The molecule has 0 saturated carbocycles. The Hall–Kier alpha value is -3.27.